The molecule has 12 heteroatoms. The molecule has 2 unspecified atom stereocenters. The summed E-state index contributed by atoms with van der Waals surface area (Å²) >= 11 is 13.0. The lowest BCUT2D eigenvalue weighted by atomic mass is 9.95. The van der Waals surface area contributed by atoms with Gasteiger partial charge in [0.25, 0.3) is 0 Å². The highest BCUT2D eigenvalue weighted by Gasteiger charge is 2.33. The number of para-hydroxylation sites is 1. The molecule has 1 N–H and O–H groups in total. The Hall–Kier alpha value is -4.35. The van der Waals surface area contributed by atoms with Crippen LogP contribution in [-0.2, 0) is 27.2 Å². The number of carbonyl (C=O) groups is 2. The molecule has 5 rings (SSSR count). The van der Waals surface area contributed by atoms with Gasteiger partial charge in [-0.1, -0.05) is 73.4 Å². The van der Waals surface area contributed by atoms with Crippen molar-refractivity contribution in [3.63, 3.8) is 0 Å². The molecule has 1 aliphatic heterocycles. The fraction of sp³-hybridized carbons (Fsp3) is 0.375. The predicted octanol–water partition coefficient (Wildman–Crippen LogP) is 7.66. The highest BCUT2D eigenvalue weighted by molar-refractivity contribution is 6.35. The Balaban J connectivity index is 1.37. The summed E-state index contributed by atoms with van der Waals surface area (Å²) in [7, 11) is 4.66. The molecule has 0 spiro atoms. The van der Waals surface area contributed by atoms with Crippen molar-refractivity contribution in [1.82, 2.24) is 15.2 Å². The summed E-state index contributed by atoms with van der Waals surface area (Å²) < 4.78 is 28.9. The van der Waals surface area contributed by atoms with Crippen LogP contribution in [0.1, 0.15) is 65.0 Å². The molecule has 276 valence electrons. The number of methoxy groups -OCH3 is 3. The molecule has 3 aromatic carbocycles. The molecule has 1 fully saturated rings. The molecule has 0 amide bonds. The molecule has 0 radical (unpaired) electrons. The molecule has 0 bridgehead atoms. The Morgan fingerprint density at radius 3 is 2.37 bits per heavy atom. The second-order valence-corrected chi connectivity index (χ2v) is 13.5. The van der Waals surface area contributed by atoms with E-state index in [2.05, 4.69) is 29.0 Å². The van der Waals surface area contributed by atoms with E-state index in [4.69, 9.17) is 46.9 Å². The Bertz CT molecular complexity index is 1820. The van der Waals surface area contributed by atoms with Crippen LogP contribution < -0.4 is 19.5 Å². The third-order valence-corrected chi connectivity index (χ3v) is 10.1. The van der Waals surface area contributed by atoms with E-state index in [1.807, 2.05) is 30.3 Å². The van der Waals surface area contributed by atoms with Crippen LogP contribution in [0.15, 0.2) is 79.1 Å². The van der Waals surface area contributed by atoms with E-state index in [1.165, 1.54) is 19.5 Å². The number of esters is 2. The molecule has 0 saturated carbocycles. The minimum Gasteiger partial charge on any atom is -0.496 e. The number of piperidine rings is 1. The summed E-state index contributed by atoms with van der Waals surface area (Å²) in [5, 5.41) is 4.08. The van der Waals surface area contributed by atoms with Crippen LogP contribution in [0.2, 0.25) is 10.0 Å². The Morgan fingerprint density at radius 2 is 1.65 bits per heavy atom. The average molecular weight is 751 g/mol. The van der Waals surface area contributed by atoms with E-state index in [-0.39, 0.29) is 31.0 Å². The van der Waals surface area contributed by atoms with Crippen molar-refractivity contribution < 1.29 is 33.3 Å². The Kier molecular flexibility index (Phi) is 13.8. The van der Waals surface area contributed by atoms with Crippen molar-refractivity contribution in [2.75, 3.05) is 41.0 Å². The van der Waals surface area contributed by atoms with E-state index >= 15 is 0 Å². The highest BCUT2D eigenvalue weighted by Crippen LogP contribution is 2.36. The van der Waals surface area contributed by atoms with Gasteiger partial charge in [-0.05, 0) is 72.5 Å². The molecule has 4 atom stereocenters. The zero-order valence-corrected chi connectivity index (χ0v) is 31.6. The number of likely N-dealkylation sites (N-methyl/N-ethyl adjacent to an activating group) is 1. The van der Waals surface area contributed by atoms with Crippen LogP contribution in [-0.4, -0.2) is 68.9 Å². The van der Waals surface area contributed by atoms with E-state index in [0.29, 0.717) is 56.1 Å². The average Bonchev–Trinajstić information content (AvgIpc) is 3.16. The maximum atomic E-state index is 13.9. The summed E-state index contributed by atoms with van der Waals surface area (Å²) in [5.41, 5.74) is 2.98. The molecular formula is C40H45Cl2N3O7. The van der Waals surface area contributed by atoms with Gasteiger partial charge in [-0.15, -0.1) is 0 Å². The number of hydrogen-bond donors (Lipinski definition) is 1. The monoisotopic (exact) mass is 749 g/mol. The van der Waals surface area contributed by atoms with Crippen LogP contribution >= 0.6 is 23.2 Å². The molecule has 1 saturated heterocycles. The summed E-state index contributed by atoms with van der Waals surface area (Å²) in [6, 6.07) is 18.9. The number of benzene rings is 3. The summed E-state index contributed by atoms with van der Waals surface area (Å²) in [6.45, 7) is 7.06. The van der Waals surface area contributed by atoms with E-state index in [9.17, 15) is 9.59 Å². The molecule has 10 nitrogen and oxygen atoms in total. The van der Waals surface area contributed by atoms with Crippen LogP contribution in [0.25, 0.3) is 0 Å². The third-order valence-electron chi connectivity index (χ3n) is 9.42. The van der Waals surface area contributed by atoms with Crippen molar-refractivity contribution in [2.45, 2.75) is 51.5 Å². The number of ether oxygens (including phenoxy) is 5. The second-order valence-electron chi connectivity index (χ2n) is 12.7. The van der Waals surface area contributed by atoms with Crippen molar-refractivity contribution in [1.29, 1.82) is 0 Å². The number of nitrogens with one attached hydrogen (secondary N) is 1. The van der Waals surface area contributed by atoms with Gasteiger partial charge in [0.2, 0.25) is 0 Å². The van der Waals surface area contributed by atoms with Crippen molar-refractivity contribution in [2.24, 2.45) is 5.92 Å². The molecule has 1 aliphatic rings. The SMILES string of the molecule is CCN1CCC(C)[C@@H](OC(=O)C(NCc2cccc(C(=O)O[C@H](Cc3c(Cl)cncc3Cl)c3ccc(OC)c(OC)c3)c2)c2ccccc2OC)C1. The van der Waals surface area contributed by atoms with Crippen molar-refractivity contribution in [3.05, 3.63) is 117 Å². The van der Waals surface area contributed by atoms with E-state index in [1.54, 1.807) is 50.6 Å². The smallest absolute Gasteiger partial charge is 0.338 e. The summed E-state index contributed by atoms with van der Waals surface area (Å²) in [4.78, 5) is 34.0. The van der Waals surface area contributed by atoms with Gasteiger partial charge < -0.3 is 23.7 Å². The minimum absolute atomic E-state index is 0.182. The van der Waals surface area contributed by atoms with E-state index in [0.717, 1.165) is 25.1 Å². The van der Waals surface area contributed by atoms with Crippen molar-refractivity contribution in [3.8, 4) is 17.2 Å². The van der Waals surface area contributed by atoms with Crippen LogP contribution in [0.4, 0.5) is 0 Å². The number of rotatable bonds is 15. The zero-order chi connectivity index (χ0) is 37.2. The number of carbonyl (C=O) groups excluding carboxylic acids is 2. The van der Waals surface area contributed by atoms with Gasteiger partial charge in [-0.25, -0.2) is 9.59 Å². The van der Waals surface area contributed by atoms with Gasteiger partial charge >= 0.3 is 11.9 Å². The molecule has 4 aromatic rings. The first-order chi connectivity index (χ1) is 25.1. The number of halogens is 2. The lowest BCUT2D eigenvalue weighted by molar-refractivity contribution is -0.157. The lowest BCUT2D eigenvalue weighted by Gasteiger charge is -2.36. The van der Waals surface area contributed by atoms with Crippen LogP contribution in [0.3, 0.4) is 0 Å². The minimum atomic E-state index is -0.819. The zero-order valence-electron chi connectivity index (χ0n) is 30.1. The number of hydrogen-bond acceptors (Lipinski definition) is 10. The van der Waals surface area contributed by atoms with Crippen LogP contribution in [0.5, 0.6) is 17.2 Å². The first kappa shape index (κ1) is 38.9. The molecule has 1 aromatic heterocycles. The number of aromatic nitrogens is 1. The highest BCUT2D eigenvalue weighted by atomic mass is 35.5. The van der Waals surface area contributed by atoms with Crippen molar-refractivity contribution >= 4 is 35.1 Å². The summed E-state index contributed by atoms with van der Waals surface area (Å²) in [6.07, 6.45) is 3.11. The predicted molar refractivity (Wildman–Crippen MR) is 200 cm³/mol. The van der Waals surface area contributed by atoms with E-state index < -0.39 is 18.1 Å². The Labute approximate surface area is 315 Å². The fourth-order valence-electron chi connectivity index (χ4n) is 6.31. The fourth-order valence-corrected chi connectivity index (χ4v) is 6.82. The summed E-state index contributed by atoms with van der Waals surface area (Å²) in [5.74, 6) is 0.863. The van der Waals surface area contributed by atoms with Gasteiger partial charge in [0, 0.05) is 37.5 Å². The number of nitrogens with zero attached hydrogens (tertiary/aromatic N) is 2. The van der Waals surface area contributed by atoms with Gasteiger partial charge in [0.15, 0.2) is 11.5 Å². The number of pyridine rings is 1. The second kappa shape index (κ2) is 18.4. The molecule has 0 aliphatic carbocycles. The largest absolute Gasteiger partial charge is 0.496 e. The maximum Gasteiger partial charge on any atom is 0.338 e. The topological polar surface area (TPSA) is 108 Å². The van der Waals surface area contributed by atoms with Gasteiger partial charge in [0.05, 0.1) is 36.9 Å². The molecule has 2 heterocycles. The third kappa shape index (κ3) is 9.54. The van der Waals surface area contributed by atoms with Gasteiger partial charge in [-0.3, -0.25) is 15.2 Å². The first-order valence-corrected chi connectivity index (χ1v) is 18.0. The normalized spacial score (nSPS) is 17.1. The van der Waals surface area contributed by atoms with Gasteiger partial charge in [0.1, 0.15) is 24.0 Å². The Morgan fingerprint density at radius 1 is 0.923 bits per heavy atom. The number of likely N-dealkylation sites (tertiary alicyclic amines) is 1. The maximum absolute atomic E-state index is 13.9. The molecule has 52 heavy (non-hydrogen) atoms. The lowest BCUT2D eigenvalue weighted by Crippen LogP contribution is -2.46. The van der Waals surface area contributed by atoms with Crippen LogP contribution in [0, 0.1) is 5.92 Å². The first-order valence-electron chi connectivity index (χ1n) is 17.2. The standard InChI is InChI=1S/C40H45Cl2N3O7/c1-6-45-17-16-25(2)37(24-45)52-40(47)38(29-12-7-8-13-33(29)48-3)44-21-26-10-9-11-28(18-26)39(46)51-35(20-30-31(41)22-43-23-32(30)42)27-14-15-34(49-4)36(19-27)50-5/h7-15,18-19,22-23,25,35,37-38,44H,6,16-17,20-21,24H2,1-5H3/t25?,35-,37+,38?/m1/s1. The quantitative estimate of drug-likeness (QED) is 0.122. The van der Waals surface area contributed by atoms with Gasteiger partial charge in [-0.2, -0.15) is 0 Å². The molecular weight excluding hydrogens is 705 g/mol.